The Morgan fingerprint density at radius 3 is 3.22 bits per heavy atom. The van der Waals surface area contributed by atoms with Gasteiger partial charge < -0.3 is 20.6 Å². The summed E-state index contributed by atoms with van der Waals surface area (Å²) < 4.78 is 5.47. The number of benzene rings is 1. The topological polar surface area (TPSA) is 84.2 Å². The lowest BCUT2D eigenvalue weighted by Gasteiger charge is -2.04. The number of aromatic nitrogens is 2. The number of H-pyrrole nitrogens is 1. The molecule has 0 aliphatic carbocycles. The maximum atomic E-state index is 8.99. The summed E-state index contributed by atoms with van der Waals surface area (Å²) in [6.45, 7) is 0.632. The Morgan fingerprint density at radius 2 is 2.39 bits per heavy atom. The summed E-state index contributed by atoms with van der Waals surface area (Å²) in [5.41, 5.74) is 8.89. The lowest BCUT2D eigenvalue weighted by atomic mass is 10.1. The predicted octanol–water partition coefficient (Wildman–Crippen LogP) is 1.00. The molecule has 0 spiro atoms. The van der Waals surface area contributed by atoms with E-state index in [1.807, 2.05) is 12.1 Å². The average molecular weight is 245 g/mol. The Balaban J connectivity index is 1.92. The van der Waals surface area contributed by atoms with Gasteiger partial charge in [-0.3, -0.25) is 0 Å². The minimum absolute atomic E-state index is 0.120. The van der Waals surface area contributed by atoms with Crippen molar-refractivity contribution in [2.24, 2.45) is 5.73 Å². The Bertz CT molecular complexity index is 565. The molecule has 0 bridgehead atoms. The number of fused-ring (bicyclic) bond motifs is 1. The summed E-state index contributed by atoms with van der Waals surface area (Å²) in [4.78, 5) is 7.32. The van der Waals surface area contributed by atoms with E-state index >= 15 is 0 Å². The highest BCUT2D eigenvalue weighted by Crippen LogP contribution is 2.29. The molecule has 0 saturated carbocycles. The number of nitrogens with two attached hydrogens (primary N) is 1. The van der Waals surface area contributed by atoms with Gasteiger partial charge in [-0.05, 0) is 23.8 Å². The lowest BCUT2D eigenvalue weighted by Crippen LogP contribution is -2.15. The van der Waals surface area contributed by atoms with Gasteiger partial charge in [0, 0.05) is 12.0 Å². The number of hydrogen-bond donors (Lipinski definition) is 3. The summed E-state index contributed by atoms with van der Waals surface area (Å²) in [5, 5.41) is 8.99. The number of aliphatic hydroxyl groups is 1. The van der Waals surface area contributed by atoms with Crippen LogP contribution in [0.25, 0.3) is 11.3 Å². The van der Waals surface area contributed by atoms with E-state index in [9.17, 15) is 0 Å². The third-order valence-electron chi connectivity index (χ3n) is 3.14. The van der Waals surface area contributed by atoms with E-state index in [1.54, 1.807) is 6.20 Å². The third-order valence-corrected chi connectivity index (χ3v) is 3.14. The number of imidazole rings is 1. The highest BCUT2D eigenvalue weighted by atomic mass is 16.5. The monoisotopic (exact) mass is 245 g/mol. The van der Waals surface area contributed by atoms with Crippen LogP contribution in [0.1, 0.15) is 17.4 Å². The molecule has 1 aromatic heterocycles. The fourth-order valence-electron chi connectivity index (χ4n) is 2.11. The van der Waals surface area contributed by atoms with Gasteiger partial charge in [0.25, 0.3) is 0 Å². The van der Waals surface area contributed by atoms with Crippen molar-refractivity contribution in [3.05, 3.63) is 35.8 Å². The largest absolute Gasteiger partial charge is 0.493 e. The molecule has 3 rings (SSSR count). The van der Waals surface area contributed by atoms with E-state index in [1.165, 1.54) is 5.56 Å². The minimum Gasteiger partial charge on any atom is -0.493 e. The number of aromatic amines is 1. The van der Waals surface area contributed by atoms with Crippen molar-refractivity contribution in [2.75, 3.05) is 13.2 Å². The molecule has 4 N–H and O–H groups in total. The molecule has 2 heterocycles. The van der Waals surface area contributed by atoms with Crippen molar-refractivity contribution in [3.8, 4) is 17.0 Å². The van der Waals surface area contributed by atoms with Gasteiger partial charge in [-0.25, -0.2) is 4.98 Å². The molecule has 0 fully saturated rings. The average Bonchev–Trinajstić information content (AvgIpc) is 3.05. The van der Waals surface area contributed by atoms with E-state index in [0.717, 1.165) is 30.0 Å². The van der Waals surface area contributed by atoms with Gasteiger partial charge in [-0.2, -0.15) is 0 Å². The molecule has 1 aliphatic heterocycles. The number of hydrogen-bond acceptors (Lipinski definition) is 4. The van der Waals surface area contributed by atoms with E-state index in [-0.39, 0.29) is 6.61 Å². The van der Waals surface area contributed by atoms with Gasteiger partial charge in [0.15, 0.2) is 0 Å². The first kappa shape index (κ1) is 11.3. The fourth-order valence-corrected chi connectivity index (χ4v) is 2.11. The van der Waals surface area contributed by atoms with Crippen LogP contribution in [0.15, 0.2) is 24.4 Å². The highest BCUT2D eigenvalue weighted by molar-refractivity contribution is 5.62. The second-order valence-electron chi connectivity index (χ2n) is 4.39. The normalized spacial score (nSPS) is 15.2. The maximum Gasteiger partial charge on any atom is 0.125 e. The van der Waals surface area contributed by atoms with E-state index in [4.69, 9.17) is 15.6 Å². The molecule has 18 heavy (non-hydrogen) atoms. The van der Waals surface area contributed by atoms with Crippen LogP contribution in [-0.2, 0) is 6.42 Å². The molecule has 1 aliphatic rings. The van der Waals surface area contributed by atoms with Crippen LogP contribution in [0.3, 0.4) is 0 Å². The quantitative estimate of drug-likeness (QED) is 0.753. The van der Waals surface area contributed by atoms with Crippen molar-refractivity contribution in [1.82, 2.24) is 9.97 Å². The second-order valence-corrected chi connectivity index (χ2v) is 4.39. The molecular weight excluding hydrogens is 230 g/mol. The van der Waals surface area contributed by atoms with Crippen LogP contribution in [-0.4, -0.2) is 28.3 Å². The SMILES string of the molecule is NC(CO)c1ncc(-c2ccc3c(c2)CCO3)[nH]1. The first-order chi connectivity index (χ1) is 8.78. The van der Waals surface area contributed by atoms with Gasteiger partial charge in [0.05, 0.1) is 31.1 Å². The van der Waals surface area contributed by atoms with Crippen molar-refractivity contribution in [3.63, 3.8) is 0 Å². The zero-order valence-corrected chi connectivity index (χ0v) is 9.89. The van der Waals surface area contributed by atoms with Crippen LogP contribution in [0.4, 0.5) is 0 Å². The van der Waals surface area contributed by atoms with E-state index in [2.05, 4.69) is 16.0 Å². The maximum absolute atomic E-state index is 8.99. The molecule has 0 amide bonds. The number of aliphatic hydroxyl groups excluding tert-OH is 1. The molecule has 94 valence electrons. The summed E-state index contributed by atoms with van der Waals surface area (Å²) in [6, 6.07) is 5.61. The standard InChI is InChI=1S/C13H15N3O2/c14-10(7-17)13-15-6-11(16-13)8-1-2-12-9(5-8)3-4-18-12/h1-2,5-6,10,17H,3-4,7,14H2,(H,15,16). The molecule has 1 unspecified atom stereocenters. The highest BCUT2D eigenvalue weighted by Gasteiger charge is 2.14. The Kier molecular flexibility index (Phi) is 2.77. The number of nitrogens with zero attached hydrogens (tertiary/aromatic N) is 1. The van der Waals surface area contributed by atoms with Crippen LogP contribution >= 0.6 is 0 Å². The predicted molar refractivity (Wildman–Crippen MR) is 67.2 cm³/mol. The van der Waals surface area contributed by atoms with Crippen LogP contribution in [0.5, 0.6) is 5.75 Å². The first-order valence-electron chi connectivity index (χ1n) is 5.95. The molecule has 5 heteroatoms. The van der Waals surface area contributed by atoms with E-state index in [0.29, 0.717) is 5.82 Å². The van der Waals surface area contributed by atoms with Crippen LogP contribution in [0, 0.1) is 0 Å². The van der Waals surface area contributed by atoms with Crippen molar-refractivity contribution < 1.29 is 9.84 Å². The fraction of sp³-hybridized carbons (Fsp3) is 0.308. The van der Waals surface area contributed by atoms with Crippen molar-refractivity contribution in [1.29, 1.82) is 0 Å². The third kappa shape index (κ3) is 1.87. The molecule has 1 aromatic carbocycles. The molecule has 1 atom stereocenters. The summed E-state index contributed by atoms with van der Waals surface area (Å²) in [7, 11) is 0. The lowest BCUT2D eigenvalue weighted by molar-refractivity contribution is 0.264. The summed E-state index contributed by atoms with van der Waals surface area (Å²) in [5.74, 6) is 1.56. The number of ether oxygens (including phenoxy) is 1. The second kappa shape index (κ2) is 4.44. The zero-order chi connectivity index (χ0) is 12.5. The molecular formula is C13H15N3O2. The number of nitrogens with one attached hydrogen (secondary N) is 1. The van der Waals surface area contributed by atoms with Crippen LogP contribution < -0.4 is 10.5 Å². The van der Waals surface area contributed by atoms with Crippen molar-refractivity contribution >= 4 is 0 Å². The van der Waals surface area contributed by atoms with E-state index < -0.39 is 6.04 Å². The molecule has 2 aromatic rings. The summed E-state index contributed by atoms with van der Waals surface area (Å²) >= 11 is 0. The molecule has 0 radical (unpaired) electrons. The smallest absolute Gasteiger partial charge is 0.125 e. The Hall–Kier alpha value is -1.85. The van der Waals surface area contributed by atoms with Gasteiger partial charge in [-0.15, -0.1) is 0 Å². The van der Waals surface area contributed by atoms with Crippen LogP contribution in [0.2, 0.25) is 0 Å². The molecule has 5 nitrogen and oxygen atoms in total. The Morgan fingerprint density at radius 1 is 1.50 bits per heavy atom. The molecule has 0 saturated heterocycles. The minimum atomic E-state index is -0.462. The van der Waals surface area contributed by atoms with Gasteiger partial charge in [-0.1, -0.05) is 0 Å². The first-order valence-corrected chi connectivity index (χ1v) is 5.95. The summed E-state index contributed by atoms with van der Waals surface area (Å²) in [6.07, 6.45) is 2.68. The van der Waals surface area contributed by atoms with Gasteiger partial charge in [0.2, 0.25) is 0 Å². The van der Waals surface area contributed by atoms with Crippen molar-refractivity contribution in [2.45, 2.75) is 12.5 Å². The Labute approximate surface area is 105 Å². The number of rotatable bonds is 3. The van der Waals surface area contributed by atoms with Gasteiger partial charge >= 0.3 is 0 Å². The van der Waals surface area contributed by atoms with Gasteiger partial charge in [0.1, 0.15) is 11.6 Å². The zero-order valence-electron chi connectivity index (χ0n) is 9.89.